The molecule has 1 aliphatic heterocycles. The Morgan fingerprint density at radius 3 is 2.75 bits per heavy atom. The highest BCUT2D eigenvalue weighted by molar-refractivity contribution is 8.00. The molecule has 5 nitrogen and oxygen atoms in total. The number of rotatable bonds is 3. The molecule has 0 amide bonds. The summed E-state index contributed by atoms with van der Waals surface area (Å²) in [7, 11) is -3.49. The molecule has 1 aliphatic rings. The van der Waals surface area contributed by atoms with Crippen LogP contribution in [0.5, 0.6) is 0 Å². The summed E-state index contributed by atoms with van der Waals surface area (Å²) in [5.74, 6) is 0.813. The zero-order valence-corrected chi connectivity index (χ0v) is 13.5. The molecule has 20 heavy (non-hydrogen) atoms. The molecule has 1 aromatic rings. The second-order valence-electron chi connectivity index (χ2n) is 5.47. The van der Waals surface area contributed by atoms with Crippen molar-refractivity contribution in [3.8, 4) is 0 Å². The number of thioether (sulfide) groups is 1. The van der Waals surface area contributed by atoms with Gasteiger partial charge in [-0.15, -0.1) is 0 Å². The summed E-state index contributed by atoms with van der Waals surface area (Å²) in [5.41, 5.74) is 6.33. The molecule has 2 heterocycles. The van der Waals surface area contributed by atoms with Gasteiger partial charge in [-0.3, -0.25) is 0 Å². The summed E-state index contributed by atoms with van der Waals surface area (Å²) in [5, 5.41) is 0.111. The number of sulfonamides is 1. The van der Waals surface area contributed by atoms with Crippen molar-refractivity contribution in [1.82, 2.24) is 9.29 Å². The van der Waals surface area contributed by atoms with E-state index < -0.39 is 10.0 Å². The molecule has 2 N–H and O–H groups in total. The summed E-state index contributed by atoms with van der Waals surface area (Å²) in [6.45, 7) is 5.76. The van der Waals surface area contributed by atoms with Gasteiger partial charge >= 0.3 is 0 Å². The Balaban J connectivity index is 2.20. The van der Waals surface area contributed by atoms with Gasteiger partial charge in [0.05, 0.1) is 0 Å². The van der Waals surface area contributed by atoms with E-state index in [4.69, 9.17) is 5.73 Å². The van der Waals surface area contributed by atoms with E-state index in [2.05, 4.69) is 18.8 Å². The lowest BCUT2D eigenvalue weighted by molar-refractivity contribution is 0.413. The van der Waals surface area contributed by atoms with Crippen LogP contribution in [-0.2, 0) is 16.6 Å². The molecular formula is C13H21N3O2S2. The second-order valence-corrected chi connectivity index (χ2v) is 9.16. The van der Waals surface area contributed by atoms with Crippen LogP contribution in [0.15, 0.2) is 23.4 Å². The number of hydrogen-bond donors (Lipinski definition) is 1. The molecule has 7 heteroatoms. The van der Waals surface area contributed by atoms with Crippen LogP contribution in [0, 0.1) is 0 Å². The van der Waals surface area contributed by atoms with Crippen LogP contribution in [0.2, 0.25) is 0 Å². The molecular weight excluding hydrogens is 294 g/mol. The Morgan fingerprint density at radius 1 is 1.40 bits per heavy atom. The third-order valence-corrected chi connectivity index (χ3v) is 6.62. The number of nitrogens with two attached hydrogens (primary N) is 1. The molecule has 1 aromatic heterocycles. The van der Waals surface area contributed by atoms with Crippen LogP contribution in [0.1, 0.15) is 25.8 Å². The van der Waals surface area contributed by atoms with Crippen molar-refractivity contribution >= 4 is 21.8 Å². The fourth-order valence-corrected chi connectivity index (χ4v) is 4.63. The van der Waals surface area contributed by atoms with Crippen molar-refractivity contribution in [2.75, 3.05) is 18.8 Å². The second kappa shape index (κ2) is 6.01. The summed E-state index contributed by atoms with van der Waals surface area (Å²) in [6, 6.07) is 3.26. The Labute approximate surface area is 125 Å². The number of nitrogens with zero attached hydrogens (tertiary/aromatic N) is 2. The molecule has 1 saturated heterocycles. The van der Waals surface area contributed by atoms with Crippen LogP contribution >= 0.6 is 11.8 Å². The maximum absolute atomic E-state index is 12.6. The van der Waals surface area contributed by atoms with E-state index in [1.54, 1.807) is 16.4 Å². The molecule has 1 fully saturated rings. The number of pyridine rings is 1. The summed E-state index contributed by atoms with van der Waals surface area (Å²) < 4.78 is 26.8. The summed E-state index contributed by atoms with van der Waals surface area (Å²) in [6.07, 6.45) is 2.38. The minimum absolute atomic E-state index is 0.111. The highest BCUT2D eigenvalue weighted by Crippen LogP contribution is 2.32. The van der Waals surface area contributed by atoms with Crippen LogP contribution in [-0.4, -0.2) is 41.3 Å². The van der Waals surface area contributed by atoms with Gasteiger partial charge in [0.25, 0.3) is 10.0 Å². The van der Waals surface area contributed by atoms with Gasteiger partial charge in [0.15, 0.2) is 5.03 Å². The van der Waals surface area contributed by atoms with E-state index in [-0.39, 0.29) is 9.77 Å². The molecule has 2 rings (SSSR count). The van der Waals surface area contributed by atoms with Gasteiger partial charge in [-0.2, -0.15) is 16.1 Å². The highest BCUT2D eigenvalue weighted by Gasteiger charge is 2.31. The van der Waals surface area contributed by atoms with Gasteiger partial charge in [-0.05, 0) is 18.1 Å². The first-order valence-corrected chi connectivity index (χ1v) is 9.07. The van der Waals surface area contributed by atoms with E-state index in [0.717, 1.165) is 17.7 Å². The average Bonchev–Trinajstić information content (AvgIpc) is 2.60. The van der Waals surface area contributed by atoms with Gasteiger partial charge in [-0.1, -0.05) is 19.9 Å². The largest absolute Gasteiger partial charge is 0.326 e. The lowest BCUT2D eigenvalue weighted by Crippen LogP contribution is -2.34. The van der Waals surface area contributed by atoms with Crippen LogP contribution < -0.4 is 5.73 Å². The Kier molecular flexibility index (Phi) is 4.73. The first kappa shape index (κ1) is 15.8. The van der Waals surface area contributed by atoms with Crippen LogP contribution in [0.4, 0.5) is 0 Å². The molecule has 0 spiro atoms. The minimum atomic E-state index is -3.49. The van der Waals surface area contributed by atoms with Gasteiger partial charge in [0, 0.05) is 36.3 Å². The third kappa shape index (κ3) is 3.52. The first-order valence-electron chi connectivity index (χ1n) is 6.64. The monoisotopic (exact) mass is 315 g/mol. The van der Waals surface area contributed by atoms with Gasteiger partial charge in [0.1, 0.15) is 0 Å². The molecule has 0 radical (unpaired) electrons. The van der Waals surface area contributed by atoms with Crippen molar-refractivity contribution in [3.05, 3.63) is 23.9 Å². The van der Waals surface area contributed by atoms with Gasteiger partial charge in [-0.25, -0.2) is 13.4 Å². The predicted molar refractivity (Wildman–Crippen MR) is 82.0 cm³/mol. The average molecular weight is 315 g/mol. The lowest BCUT2D eigenvalue weighted by atomic mass is 10.1. The Morgan fingerprint density at radius 2 is 2.15 bits per heavy atom. The molecule has 0 unspecified atom stereocenters. The van der Waals surface area contributed by atoms with Crippen molar-refractivity contribution in [2.45, 2.75) is 36.6 Å². The molecule has 112 valence electrons. The maximum Gasteiger partial charge on any atom is 0.260 e. The smallest absolute Gasteiger partial charge is 0.260 e. The van der Waals surface area contributed by atoms with Gasteiger partial charge < -0.3 is 5.73 Å². The van der Waals surface area contributed by atoms with Crippen molar-refractivity contribution in [3.63, 3.8) is 0 Å². The van der Waals surface area contributed by atoms with E-state index >= 15 is 0 Å². The van der Waals surface area contributed by atoms with Crippen LogP contribution in [0.25, 0.3) is 0 Å². The first-order chi connectivity index (χ1) is 9.35. The van der Waals surface area contributed by atoms with Crippen molar-refractivity contribution in [2.24, 2.45) is 5.73 Å². The summed E-state index contributed by atoms with van der Waals surface area (Å²) >= 11 is 1.82. The number of aromatic nitrogens is 1. The molecule has 0 atom stereocenters. The van der Waals surface area contributed by atoms with E-state index in [1.807, 2.05) is 11.8 Å². The van der Waals surface area contributed by atoms with E-state index in [1.165, 1.54) is 6.20 Å². The fourth-order valence-electron chi connectivity index (χ4n) is 2.06. The molecule has 0 saturated carbocycles. The Bertz CT molecular complexity index is 555. The zero-order chi connectivity index (χ0) is 14.8. The van der Waals surface area contributed by atoms with Gasteiger partial charge in [0.2, 0.25) is 0 Å². The highest BCUT2D eigenvalue weighted by atomic mass is 32.2. The standard InChI is InChI=1S/C13H21N3O2S2/c1-13(2)5-6-16(7-8-19-13)20(17,18)12-4-3-11(9-14)10-15-12/h3-4,10H,5-9,14H2,1-2H3. The molecule has 0 bridgehead atoms. The third-order valence-electron chi connectivity index (χ3n) is 3.43. The normalized spacial score (nSPS) is 20.6. The SMILES string of the molecule is CC1(C)CCN(S(=O)(=O)c2ccc(CN)cn2)CCS1. The van der Waals surface area contributed by atoms with E-state index in [9.17, 15) is 8.42 Å². The topological polar surface area (TPSA) is 76.3 Å². The van der Waals surface area contributed by atoms with E-state index in [0.29, 0.717) is 19.6 Å². The Hall–Kier alpha value is -0.630. The molecule has 0 aliphatic carbocycles. The van der Waals surface area contributed by atoms with Crippen molar-refractivity contribution < 1.29 is 8.42 Å². The van der Waals surface area contributed by atoms with Crippen LogP contribution in [0.3, 0.4) is 0 Å². The lowest BCUT2D eigenvalue weighted by Gasteiger charge is -2.22. The van der Waals surface area contributed by atoms with Crippen molar-refractivity contribution in [1.29, 1.82) is 0 Å². The maximum atomic E-state index is 12.6. The zero-order valence-electron chi connectivity index (χ0n) is 11.9. The molecule has 0 aromatic carbocycles. The minimum Gasteiger partial charge on any atom is -0.326 e. The predicted octanol–water partition coefficient (Wildman–Crippen LogP) is 1.45. The fraction of sp³-hybridized carbons (Fsp3) is 0.615. The number of hydrogen-bond acceptors (Lipinski definition) is 5. The summed E-state index contributed by atoms with van der Waals surface area (Å²) in [4.78, 5) is 4.05. The quantitative estimate of drug-likeness (QED) is 0.913.